The van der Waals surface area contributed by atoms with Crippen molar-refractivity contribution in [3.05, 3.63) is 52.6 Å². The van der Waals surface area contributed by atoms with Crippen molar-refractivity contribution in [2.75, 3.05) is 18.5 Å². The highest BCUT2D eigenvalue weighted by Crippen LogP contribution is 2.51. The number of hydrogen-bond acceptors (Lipinski definition) is 10. The van der Waals surface area contributed by atoms with Crippen LogP contribution in [0.1, 0.15) is 81.4 Å². The zero-order chi connectivity index (χ0) is 37.0. The van der Waals surface area contributed by atoms with Crippen molar-refractivity contribution in [2.24, 2.45) is 0 Å². The Bertz CT molecular complexity index is 1520. The number of aromatic nitrogens is 2. The fourth-order valence-electron chi connectivity index (χ4n) is 5.01. The minimum atomic E-state index is -1.81. The molecule has 1 aromatic carbocycles. The van der Waals surface area contributed by atoms with Crippen molar-refractivity contribution in [3.63, 3.8) is 0 Å². The monoisotopic (exact) mass is 738 g/mol. The molecule has 1 aliphatic heterocycles. The van der Waals surface area contributed by atoms with E-state index in [9.17, 15) is 14.4 Å². The molecule has 3 rings (SSSR count). The van der Waals surface area contributed by atoms with Crippen molar-refractivity contribution in [1.82, 2.24) is 19.5 Å². The van der Waals surface area contributed by atoms with Gasteiger partial charge in [0, 0.05) is 42.6 Å². The number of nitrogens with one attached hydrogen (secondary N) is 2. The number of halogens is 1. The molecule has 15 heteroatoms. The molecule has 2 aromatic rings. The molecule has 2 heterocycles. The number of benzene rings is 1. The Morgan fingerprint density at radius 1 is 1.27 bits per heavy atom. The number of nitrogens with zero attached hydrogens (tertiary/aromatic N) is 3. The number of hydrogen-bond donors (Lipinski definition) is 2. The van der Waals surface area contributed by atoms with Crippen LogP contribution in [0.4, 0.5) is 10.2 Å². The number of carbonyl (C=O) groups is 2. The van der Waals surface area contributed by atoms with Gasteiger partial charge in [0.05, 0.1) is 19.3 Å². The van der Waals surface area contributed by atoms with Crippen LogP contribution < -0.4 is 16.3 Å². The van der Waals surface area contributed by atoms with Gasteiger partial charge < -0.3 is 24.4 Å². The Balaban J connectivity index is 1.72. The number of ether oxygens (including phenoxy) is 1. The molecule has 2 amide bonds. The van der Waals surface area contributed by atoms with E-state index in [0.29, 0.717) is 19.3 Å². The summed E-state index contributed by atoms with van der Waals surface area (Å²) >= 11 is 0. The van der Waals surface area contributed by atoms with Crippen molar-refractivity contribution >= 4 is 47.7 Å². The topological polar surface area (TPSA) is 124 Å². The number of rotatable bonds is 18. The van der Waals surface area contributed by atoms with Crippen LogP contribution in [0, 0.1) is 12.3 Å². The molecule has 49 heavy (non-hydrogen) atoms. The van der Waals surface area contributed by atoms with Gasteiger partial charge in [0.2, 0.25) is 11.8 Å². The largest absolute Gasteiger partial charge is 0.351 e. The van der Waals surface area contributed by atoms with Crippen molar-refractivity contribution in [1.29, 1.82) is 0 Å². The molecule has 1 fully saturated rings. The molecule has 270 valence electrons. The summed E-state index contributed by atoms with van der Waals surface area (Å²) in [5.74, 6) is 2.00. The molecule has 0 bridgehead atoms. The Labute approximate surface area is 300 Å². The van der Waals surface area contributed by atoms with Crippen LogP contribution in [0.3, 0.4) is 0 Å². The lowest BCUT2D eigenvalue weighted by atomic mass is 10.1. The lowest BCUT2D eigenvalue weighted by Gasteiger charge is -2.37. The molecule has 1 aliphatic rings. The van der Waals surface area contributed by atoms with E-state index in [4.69, 9.17) is 21.6 Å². The quantitative estimate of drug-likeness (QED) is 0.0996. The predicted octanol–water partition coefficient (Wildman–Crippen LogP) is 6.50. The zero-order valence-corrected chi connectivity index (χ0v) is 31.7. The highest BCUT2D eigenvalue weighted by molar-refractivity contribution is 8.77. The molecule has 5 atom stereocenters. The number of anilines is 1. The van der Waals surface area contributed by atoms with E-state index in [-0.39, 0.29) is 48.6 Å². The van der Waals surface area contributed by atoms with Gasteiger partial charge in [0.25, 0.3) is 8.53 Å². The van der Waals surface area contributed by atoms with Gasteiger partial charge in [0.1, 0.15) is 11.9 Å². The third kappa shape index (κ3) is 12.3. The van der Waals surface area contributed by atoms with E-state index < -0.39 is 44.7 Å². The Hall–Kier alpha value is -2.50. The maximum absolute atomic E-state index is 16.2. The Morgan fingerprint density at radius 2 is 1.98 bits per heavy atom. The Morgan fingerprint density at radius 3 is 2.61 bits per heavy atom. The SMILES string of the molecule is [2H]CC1OC(n2ccc(NC(C)=O)nc2=O)C(F)C1OP(OCCc1ccccc1SSC(C)(C)CCC(=O)NCC#C)N(C(C)C)C(C)C. The van der Waals surface area contributed by atoms with Gasteiger partial charge in [-0.2, -0.15) is 4.98 Å². The van der Waals surface area contributed by atoms with E-state index in [1.165, 1.54) is 19.2 Å². The van der Waals surface area contributed by atoms with Crippen LogP contribution in [-0.2, 0) is 29.8 Å². The van der Waals surface area contributed by atoms with E-state index in [1.54, 1.807) is 21.6 Å². The van der Waals surface area contributed by atoms with Gasteiger partial charge in [-0.15, -0.1) is 6.42 Å². The highest BCUT2D eigenvalue weighted by Gasteiger charge is 2.48. The minimum Gasteiger partial charge on any atom is -0.349 e. The van der Waals surface area contributed by atoms with Crippen LogP contribution in [0.25, 0.3) is 0 Å². The first-order chi connectivity index (χ1) is 23.7. The lowest BCUT2D eigenvalue weighted by Crippen LogP contribution is -2.38. The average Bonchev–Trinajstić information content (AvgIpc) is 3.36. The first kappa shape index (κ1) is 39.3. The maximum atomic E-state index is 16.2. The summed E-state index contributed by atoms with van der Waals surface area (Å²) in [6.07, 6.45) is 2.87. The summed E-state index contributed by atoms with van der Waals surface area (Å²) < 4.78 is 45.9. The van der Waals surface area contributed by atoms with Gasteiger partial charge >= 0.3 is 5.69 Å². The zero-order valence-electron chi connectivity index (χ0n) is 30.2. The summed E-state index contributed by atoms with van der Waals surface area (Å²) in [7, 11) is 1.53. The lowest BCUT2D eigenvalue weighted by molar-refractivity contribution is -0.121. The second kappa shape index (κ2) is 19.2. The number of amides is 2. The number of carbonyl (C=O) groups excluding carboxylic acids is 2. The van der Waals surface area contributed by atoms with E-state index in [0.717, 1.165) is 15.0 Å². The molecule has 0 aliphatic carbocycles. The second-order valence-electron chi connectivity index (χ2n) is 12.7. The average molecular weight is 739 g/mol. The van der Waals surface area contributed by atoms with Crippen LogP contribution in [-0.4, -0.2) is 74.4 Å². The highest BCUT2D eigenvalue weighted by atomic mass is 33.1. The minimum absolute atomic E-state index is 0.00462. The summed E-state index contributed by atoms with van der Waals surface area (Å²) in [5.41, 5.74) is 0.274. The molecule has 2 N–H and O–H groups in total. The summed E-state index contributed by atoms with van der Waals surface area (Å²) in [4.78, 5) is 41.1. The molecular formula is C34H49FN5O6PS2. The first-order valence-electron chi connectivity index (χ1n) is 16.9. The number of terminal acetylenes is 1. The Kier molecular flexibility index (Phi) is 15.4. The van der Waals surface area contributed by atoms with E-state index in [1.807, 2.05) is 50.6 Å². The van der Waals surface area contributed by atoms with Crippen LogP contribution >= 0.6 is 30.1 Å². The summed E-state index contributed by atoms with van der Waals surface area (Å²) in [6, 6.07) is 9.43. The fraction of sp³-hybridized carbons (Fsp3) is 0.588. The van der Waals surface area contributed by atoms with Gasteiger partial charge in [-0.05, 0) is 79.0 Å². The molecular weight excluding hydrogens is 689 g/mol. The molecule has 5 unspecified atom stereocenters. The fourth-order valence-corrected chi connectivity index (χ4v) is 9.37. The van der Waals surface area contributed by atoms with Crippen LogP contribution in [0.2, 0.25) is 0 Å². The van der Waals surface area contributed by atoms with E-state index in [2.05, 4.69) is 41.5 Å². The van der Waals surface area contributed by atoms with Crippen molar-refractivity contribution < 1.29 is 29.1 Å². The molecule has 11 nitrogen and oxygen atoms in total. The standard InChI is InChI=1S/C34H49FN5O6PS2/c1-10-19-36-29(42)15-18-34(8,9)49-48-27-14-12-11-13-26(27)17-21-44-47(40(22(2)3)23(4)5)46-31-24(6)45-32(30(31)35)39-20-16-28(37-25(7)41)38-33(39)43/h1,11-14,16,20,22-24,30-32H,15,17-19,21H2,2-9H3,(H,36,42)(H,37,38,41,43)/i6D. The van der Waals surface area contributed by atoms with E-state index >= 15 is 4.39 Å². The van der Waals surface area contributed by atoms with Crippen LogP contribution in [0.5, 0.6) is 0 Å². The normalized spacial score (nSPS) is 20.3. The van der Waals surface area contributed by atoms with Crippen molar-refractivity contribution in [3.8, 4) is 12.3 Å². The second-order valence-corrected chi connectivity index (χ2v) is 17.0. The predicted molar refractivity (Wildman–Crippen MR) is 196 cm³/mol. The molecule has 0 saturated carbocycles. The summed E-state index contributed by atoms with van der Waals surface area (Å²) in [6.45, 7) is 13.8. The molecule has 0 spiro atoms. The van der Waals surface area contributed by atoms with Gasteiger partial charge in [0.15, 0.2) is 12.4 Å². The number of alkyl halides is 1. The van der Waals surface area contributed by atoms with Gasteiger partial charge in [-0.3, -0.25) is 14.2 Å². The van der Waals surface area contributed by atoms with Gasteiger partial charge in [-0.1, -0.05) is 45.7 Å². The smallest absolute Gasteiger partial charge is 0.349 e. The van der Waals surface area contributed by atoms with Crippen molar-refractivity contribution in [2.45, 2.75) is 121 Å². The first-order valence-corrected chi connectivity index (χ1v) is 19.4. The third-order valence-electron chi connectivity index (χ3n) is 7.38. The van der Waals surface area contributed by atoms with Gasteiger partial charge in [-0.25, -0.2) is 13.9 Å². The third-order valence-corrected chi connectivity index (χ3v) is 13.0. The maximum Gasteiger partial charge on any atom is 0.351 e. The van der Waals surface area contributed by atoms with Crippen LogP contribution in [0.15, 0.2) is 46.2 Å². The molecule has 1 aromatic heterocycles. The molecule has 1 saturated heterocycles. The molecule has 0 radical (unpaired) electrons. The summed E-state index contributed by atoms with van der Waals surface area (Å²) in [5, 5.41) is 5.14.